The molecule has 0 spiro atoms. The van der Waals surface area contributed by atoms with Crippen molar-refractivity contribution in [3.8, 4) is 0 Å². The monoisotopic (exact) mass is 270 g/mol. The molecule has 1 heterocycles. The van der Waals surface area contributed by atoms with Gasteiger partial charge in [-0.3, -0.25) is 0 Å². The summed E-state index contributed by atoms with van der Waals surface area (Å²) < 4.78 is 12.4. The number of ether oxygens (including phenoxy) is 1. The first-order valence-electron chi connectivity index (χ1n) is 7.17. The van der Waals surface area contributed by atoms with E-state index in [0.29, 0.717) is 16.6 Å². The highest BCUT2D eigenvalue weighted by atomic mass is 28.4. The lowest BCUT2D eigenvalue weighted by molar-refractivity contribution is -0.00409. The summed E-state index contributed by atoms with van der Waals surface area (Å²) >= 11 is 0. The van der Waals surface area contributed by atoms with Crippen molar-refractivity contribution in [1.29, 1.82) is 0 Å². The molecule has 0 aromatic rings. The standard InChI is InChI=1S/C15H30O2Si/c1-11(2)18(12(3)4,13(5)6)17-14-9-10-16-15(14,7)8/h9-14H,1-8H3/t14-/m1/s1. The van der Waals surface area contributed by atoms with E-state index in [1.165, 1.54) is 0 Å². The molecule has 1 aliphatic rings. The Hall–Kier alpha value is -0.283. The maximum atomic E-state index is 6.73. The summed E-state index contributed by atoms with van der Waals surface area (Å²) in [6.07, 6.45) is 3.97. The fourth-order valence-electron chi connectivity index (χ4n) is 3.39. The van der Waals surface area contributed by atoms with Crippen LogP contribution in [0.1, 0.15) is 55.4 Å². The zero-order valence-electron chi connectivity index (χ0n) is 13.3. The van der Waals surface area contributed by atoms with Gasteiger partial charge in [-0.05, 0) is 36.5 Å². The number of rotatable bonds is 5. The summed E-state index contributed by atoms with van der Waals surface area (Å²) in [7, 11) is -1.81. The van der Waals surface area contributed by atoms with Crippen LogP contribution in [-0.4, -0.2) is 20.0 Å². The highest BCUT2D eigenvalue weighted by molar-refractivity contribution is 6.77. The van der Waals surface area contributed by atoms with Gasteiger partial charge >= 0.3 is 0 Å². The third-order valence-corrected chi connectivity index (χ3v) is 10.4. The summed E-state index contributed by atoms with van der Waals surface area (Å²) in [5, 5.41) is 0. The molecular formula is C15H30O2Si. The largest absolute Gasteiger partial charge is 0.493 e. The predicted molar refractivity (Wildman–Crippen MR) is 80.2 cm³/mol. The molecule has 18 heavy (non-hydrogen) atoms. The third-order valence-electron chi connectivity index (χ3n) is 4.35. The number of hydrogen-bond donors (Lipinski definition) is 0. The molecule has 0 bridgehead atoms. The quantitative estimate of drug-likeness (QED) is 0.664. The van der Waals surface area contributed by atoms with Crippen molar-refractivity contribution >= 4 is 8.32 Å². The Morgan fingerprint density at radius 3 is 1.72 bits per heavy atom. The van der Waals surface area contributed by atoms with Crippen molar-refractivity contribution < 1.29 is 9.16 Å². The van der Waals surface area contributed by atoms with Crippen molar-refractivity contribution in [2.45, 2.75) is 83.7 Å². The van der Waals surface area contributed by atoms with Gasteiger partial charge in [-0.2, -0.15) is 0 Å². The van der Waals surface area contributed by atoms with Crippen LogP contribution in [0.15, 0.2) is 12.3 Å². The molecule has 0 aromatic carbocycles. The first-order valence-corrected chi connectivity index (χ1v) is 9.31. The van der Waals surface area contributed by atoms with Crippen LogP contribution in [0, 0.1) is 0 Å². The minimum Gasteiger partial charge on any atom is -0.493 e. The van der Waals surface area contributed by atoms with Crippen molar-refractivity contribution in [2.24, 2.45) is 0 Å². The third kappa shape index (κ3) is 2.67. The maximum absolute atomic E-state index is 6.73. The van der Waals surface area contributed by atoms with E-state index in [-0.39, 0.29) is 11.7 Å². The predicted octanol–water partition coefficient (Wildman–Crippen LogP) is 4.87. The smallest absolute Gasteiger partial charge is 0.201 e. The lowest BCUT2D eigenvalue weighted by atomic mass is 10.0. The second-order valence-electron chi connectivity index (χ2n) is 6.91. The molecule has 0 N–H and O–H groups in total. The van der Waals surface area contributed by atoms with Gasteiger partial charge < -0.3 is 9.16 Å². The fraction of sp³-hybridized carbons (Fsp3) is 0.867. The van der Waals surface area contributed by atoms with Gasteiger partial charge in [0.2, 0.25) is 8.32 Å². The summed E-state index contributed by atoms with van der Waals surface area (Å²) in [5.74, 6) is 0. The average Bonchev–Trinajstić information content (AvgIpc) is 2.52. The summed E-state index contributed by atoms with van der Waals surface area (Å²) in [6.45, 7) is 18.1. The molecule has 1 atom stereocenters. The van der Waals surface area contributed by atoms with E-state index in [1.807, 2.05) is 0 Å². The molecular weight excluding hydrogens is 240 g/mol. The van der Waals surface area contributed by atoms with Gasteiger partial charge in [0.1, 0.15) is 11.7 Å². The molecule has 0 fully saturated rings. The minimum absolute atomic E-state index is 0.0939. The molecule has 0 saturated heterocycles. The van der Waals surface area contributed by atoms with Crippen LogP contribution in [0.25, 0.3) is 0 Å². The topological polar surface area (TPSA) is 18.5 Å². The molecule has 0 amide bonds. The SMILES string of the molecule is CC(C)[Si](O[C@@H]1C=COC1(C)C)(C(C)C)C(C)C. The van der Waals surface area contributed by atoms with Crippen LogP contribution in [0.2, 0.25) is 16.6 Å². The molecule has 0 radical (unpaired) electrons. The Morgan fingerprint density at radius 1 is 1.00 bits per heavy atom. The molecule has 1 rings (SSSR count). The highest BCUT2D eigenvalue weighted by Crippen LogP contribution is 2.45. The second-order valence-corrected chi connectivity index (χ2v) is 12.3. The molecule has 1 aliphatic heterocycles. The van der Waals surface area contributed by atoms with E-state index in [9.17, 15) is 0 Å². The first-order chi connectivity index (χ1) is 8.14. The van der Waals surface area contributed by atoms with Gasteiger partial charge in [-0.1, -0.05) is 41.5 Å². The molecule has 2 nitrogen and oxygen atoms in total. The average molecular weight is 270 g/mol. The van der Waals surface area contributed by atoms with Crippen molar-refractivity contribution in [3.63, 3.8) is 0 Å². The Balaban J connectivity index is 3.02. The Bertz CT molecular complexity index is 284. The molecule has 0 aromatic heterocycles. The van der Waals surface area contributed by atoms with Gasteiger partial charge in [0.25, 0.3) is 0 Å². The van der Waals surface area contributed by atoms with E-state index in [0.717, 1.165) is 0 Å². The lowest BCUT2D eigenvalue weighted by Gasteiger charge is -2.45. The highest BCUT2D eigenvalue weighted by Gasteiger charge is 2.49. The normalized spacial score (nSPS) is 23.2. The van der Waals surface area contributed by atoms with Crippen LogP contribution in [0.5, 0.6) is 0 Å². The van der Waals surface area contributed by atoms with E-state index >= 15 is 0 Å². The van der Waals surface area contributed by atoms with E-state index < -0.39 is 8.32 Å². The van der Waals surface area contributed by atoms with Crippen molar-refractivity contribution in [3.05, 3.63) is 12.3 Å². The van der Waals surface area contributed by atoms with Crippen molar-refractivity contribution in [2.75, 3.05) is 0 Å². The van der Waals surface area contributed by atoms with Crippen LogP contribution in [-0.2, 0) is 9.16 Å². The lowest BCUT2D eigenvalue weighted by Crippen LogP contribution is -2.53. The van der Waals surface area contributed by atoms with E-state index in [1.54, 1.807) is 6.26 Å². The second kappa shape index (κ2) is 5.38. The fourth-order valence-corrected chi connectivity index (χ4v) is 9.01. The van der Waals surface area contributed by atoms with Gasteiger partial charge in [-0.15, -0.1) is 0 Å². The summed E-state index contributed by atoms with van der Waals surface area (Å²) in [5.41, 5.74) is 1.61. The molecule has 106 valence electrons. The van der Waals surface area contributed by atoms with Crippen molar-refractivity contribution in [1.82, 2.24) is 0 Å². The Morgan fingerprint density at radius 2 is 1.44 bits per heavy atom. The molecule has 0 saturated carbocycles. The van der Waals surface area contributed by atoms with Gasteiger partial charge in [-0.25, -0.2) is 0 Å². The van der Waals surface area contributed by atoms with E-state index in [4.69, 9.17) is 9.16 Å². The Kier molecular flexibility index (Phi) is 4.71. The minimum atomic E-state index is -1.81. The first kappa shape index (κ1) is 15.8. The van der Waals surface area contributed by atoms with Crippen LogP contribution in [0.4, 0.5) is 0 Å². The summed E-state index contributed by atoms with van der Waals surface area (Å²) in [4.78, 5) is 0. The molecule has 0 aliphatic carbocycles. The van der Waals surface area contributed by atoms with Crippen LogP contribution >= 0.6 is 0 Å². The van der Waals surface area contributed by atoms with Gasteiger partial charge in [0, 0.05) is 0 Å². The van der Waals surface area contributed by atoms with Gasteiger partial charge in [0.05, 0.1) is 6.26 Å². The Labute approximate surface area is 114 Å². The molecule has 0 unspecified atom stereocenters. The molecule has 3 heteroatoms. The summed E-state index contributed by atoms with van der Waals surface area (Å²) in [6, 6.07) is 0. The number of hydrogen-bond acceptors (Lipinski definition) is 2. The van der Waals surface area contributed by atoms with Crippen LogP contribution in [0.3, 0.4) is 0 Å². The van der Waals surface area contributed by atoms with Crippen LogP contribution < -0.4 is 0 Å². The maximum Gasteiger partial charge on any atom is 0.201 e. The van der Waals surface area contributed by atoms with E-state index in [2.05, 4.69) is 61.5 Å². The zero-order chi connectivity index (χ0) is 14.1. The zero-order valence-corrected chi connectivity index (χ0v) is 14.3. The van der Waals surface area contributed by atoms with Gasteiger partial charge in [0.15, 0.2) is 0 Å².